The molecule has 0 unspecified atom stereocenters. The molecular formula is C23H28Cl2N2O4. The van der Waals surface area contributed by atoms with E-state index in [1.54, 1.807) is 43.3 Å². The quantitative estimate of drug-likeness (QED) is 0.550. The van der Waals surface area contributed by atoms with Crippen molar-refractivity contribution in [2.75, 3.05) is 13.7 Å². The molecule has 0 aliphatic rings. The van der Waals surface area contributed by atoms with Crippen LogP contribution in [0, 0.1) is 0 Å². The fourth-order valence-corrected chi connectivity index (χ4v) is 3.16. The fourth-order valence-electron chi connectivity index (χ4n) is 2.84. The second-order valence-electron chi connectivity index (χ2n) is 7.20. The van der Waals surface area contributed by atoms with Gasteiger partial charge in [0.1, 0.15) is 6.04 Å². The van der Waals surface area contributed by atoms with Gasteiger partial charge in [-0.3, -0.25) is 9.59 Å². The molecule has 0 aliphatic carbocycles. The van der Waals surface area contributed by atoms with Crippen LogP contribution in [0.4, 0.5) is 0 Å². The maximum absolute atomic E-state index is 13.1. The second-order valence-corrected chi connectivity index (χ2v) is 8.02. The van der Waals surface area contributed by atoms with E-state index in [4.69, 9.17) is 32.7 Å². The molecule has 2 amide bonds. The van der Waals surface area contributed by atoms with Gasteiger partial charge in [0, 0.05) is 12.6 Å². The van der Waals surface area contributed by atoms with Crippen molar-refractivity contribution in [2.45, 2.75) is 45.8 Å². The minimum Gasteiger partial charge on any atom is -0.493 e. The summed E-state index contributed by atoms with van der Waals surface area (Å²) in [7, 11) is 1.53. The molecule has 0 saturated heterocycles. The van der Waals surface area contributed by atoms with E-state index >= 15 is 0 Å². The number of hydrogen-bond acceptors (Lipinski definition) is 4. The van der Waals surface area contributed by atoms with Crippen LogP contribution < -0.4 is 14.8 Å². The van der Waals surface area contributed by atoms with Crippen LogP contribution in [0.5, 0.6) is 11.5 Å². The van der Waals surface area contributed by atoms with E-state index in [-0.39, 0.29) is 31.0 Å². The summed E-state index contributed by atoms with van der Waals surface area (Å²) in [6.07, 6.45) is 0.788. The highest BCUT2D eigenvalue weighted by Gasteiger charge is 2.27. The number of carbonyl (C=O) groups is 2. The van der Waals surface area contributed by atoms with E-state index in [0.717, 1.165) is 12.0 Å². The van der Waals surface area contributed by atoms with Gasteiger partial charge in [0.2, 0.25) is 5.91 Å². The zero-order valence-corrected chi connectivity index (χ0v) is 19.7. The van der Waals surface area contributed by atoms with Crippen LogP contribution in [-0.4, -0.2) is 42.5 Å². The molecule has 31 heavy (non-hydrogen) atoms. The Bertz CT molecular complexity index is 907. The summed E-state index contributed by atoms with van der Waals surface area (Å²) in [5, 5.41) is 3.73. The SMILES string of the molecule is CC[C@@H](C)NC(=O)[C@H](C)N(Cc1ccc(Cl)c(Cl)c1)C(=O)COc1ccccc1OC. The average molecular weight is 467 g/mol. The third-order valence-electron chi connectivity index (χ3n) is 4.93. The average Bonchev–Trinajstić information content (AvgIpc) is 2.77. The molecule has 0 fully saturated rings. The number of rotatable bonds is 10. The summed E-state index contributed by atoms with van der Waals surface area (Å²) in [6.45, 7) is 5.52. The maximum atomic E-state index is 13.1. The van der Waals surface area contributed by atoms with Crippen LogP contribution in [0.25, 0.3) is 0 Å². The van der Waals surface area contributed by atoms with Gasteiger partial charge in [-0.2, -0.15) is 0 Å². The molecule has 6 nitrogen and oxygen atoms in total. The van der Waals surface area contributed by atoms with Crippen molar-refractivity contribution in [3.63, 3.8) is 0 Å². The lowest BCUT2D eigenvalue weighted by Crippen LogP contribution is -2.50. The molecule has 8 heteroatoms. The minimum absolute atomic E-state index is 0.00158. The Morgan fingerprint density at radius 1 is 1.06 bits per heavy atom. The molecule has 2 rings (SSSR count). The number of hydrogen-bond donors (Lipinski definition) is 1. The van der Waals surface area contributed by atoms with Gasteiger partial charge in [-0.25, -0.2) is 0 Å². The van der Waals surface area contributed by atoms with Crippen molar-refractivity contribution in [1.29, 1.82) is 0 Å². The molecule has 0 aromatic heterocycles. The van der Waals surface area contributed by atoms with E-state index in [1.165, 1.54) is 12.0 Å². The minimum atomic E-state index is -0.711. The van der Waals surface area contributed by atoms with Crippen molar-refractivity contribution in [1.82, 2.24) is 10.2 Å². The van der Waals surface area contributed by atoms with Gasteiger partial charge in [-0.15, -0.1) is 0 Å². The molecular weight excluding hydrogens is 439 g/mol. The van der Waals surface area contributed by atoms with Gasteiger partial charge in [-0.05, 0) is 50.1 Å². The van der Waals surface area contributed by atoms with E-state index < -0.39 is 6.04 Å². The van der Waals surface area contributed by atoms with E-state index in [2.05, 4.69) is 5.32 Å². The van der Waals surface area contributed by atoms with Crippen molar-refractivity contribution < 1.29 is 19.1 Å². The molecule has 2 atom stereocenters. The second kappa shape index (κ2) is 11.8. The lowest BCUT2D eigenvalue weighted by atomic mass is 10.1. The highest BCUT2D eigenvalue weighted by atomic mass is 35.5. The smallest absolute Gasteiger partial charge is 0.261 e. The highest BCUT2D eigenvalue weighted by Crippen LogP contribution is 2.26. The number of halogens is 2. The first kappa shape index (κ1) is 24.8. The number of benzene rings is 2. The maximum Gasteiger partial charge on any atom is 0.261 e. The number of carbonyl (C=O) groups excluding carboxylic acids is 2. The largest absolute Gasteiger partial charge is 0.493 e. The summed E-state index contributed by atoms with van der Waals surface area (Å²) in [4.78, 5) is 27.3. The summed E-state index contributed by atoms with van der Waals surface area (Å²) in [6, 6.07) is 11.5. The number of methoxy groups -OCH3 is 1. The van der Waals surface area contributed by atoms with Gasteiger partial charge >= 0.3 is 0 Å². The van der Waals surface area contributed by atoms with E-state index in [0.29, 0.717) is 21.5 Å². The predicted octanol–water partition coefficient (Wildman–Crippen LogP) is 4.71. The van der Waals surface area contributed by atoms with Crippen molar-refractivity contribution in [3.8, 4) is 11.5 Å². The lowest BCUT2D eigenvalue weighted by Gasteiger charge is -2.29. The first-order valence-electron chi connectivity index (χ1n) is 10.1. The molecule has 0 heterocycles. The number of amides is 2. The molecule has 0 bridgehead atoms. The van der Waals surface area contributed by atoms with E-state index in [1.807, 2.05) is 19.9 Å². The molecule has 0 spiro atoms. The molecule has 0 saturated carbocycles. The Balaban J connectivity index is 2.21. The van der Waals surface area contributed by atoms with Gasteiger partial charge in [0.25, 0.3) is 5.91 Å². The Morgan fingerprint density at radius 2 is 1.74 bits per heavy atom. The van der Waals surface area contributed by atoms with Crippen molar-refractivity contribution >= 4 is 35.0 Å². The molecule has 0 radical (unpaired) electrons. The third-order valence-corrected chi connectivity index (χ3v) is 5.66. The molecule has 2 aromatic carbocycles. The monoisotopic (exact) mass is 466 g/mol. The fraction of sp³-hybridized carbons (Fsp3) is 0.391. The van der Waals surface area contributed by atoms with Crippen molar-refractivity contribution in [3.05, 3.63) is 58.1 Å². The van der Waals surface area contributed by atoms with Gasteiger partial charge in [-0.1, -0.05) is 48.3 Å². The number of nitrogens with one attached hydrogen (secondary N) is 1. The van der Waals surface area contributed by atoms with Crippen LogP contribution in [0.2, 0.25) is 10.0 Å². The standard InChI is InChI=1S/C23H28Cl2N2O4/c1-5-15(2)26-23(29)16(3)27(13-17-10-11-18(24)19(25)12-17)22(28)14-31-21-9-7-6-8-20(21)30-4/h6-12,15-16H,5,13-14H2,1-4H3,(H,26,29)/t15-,16+/m1/s1. The Morgan fingerprint density at radius 3 is 2.35 bits per heavy atom. The third kappa shape index (κ3) is 7.04. The molecule has 0 aliphatic heterocycles. The zero-order chi connectivity index (χ0) is 23.0. The van der Waals surface area contributed by atoms with Crippen LogP contribution in [0.1, 0.15) is 32.8 Å². The summed E-state index contributed by atoms with van der Waals surface area (Å²) < 4.78 is 10.9. The van der Waals surface area contributed by atoms with Gasteiger partial charge in [0.05, 0.1) is 17.2 Å². The summed E-state index contributed by atoms with van der Waals surface area (Å²) in [5.41, 5.74) is 0.753. The molecule has 2 aromatic rings. The number of nitrogens with zero attached hydrogens (tertiary/aromatic N) is 1. The van der Waals surface area contributed by atoms with Crippen LogP contribution in [0.15, 0.2) is 42.5 Å². The van der Waals surface area contributed by atoms with Crippen molar-refractivity contribution in [2.24, 2.45) is 0 Å². The van der Waals surface area contributed by atoms with Gasteiger partial charge < -0.3 is 19.7 Å². The number of para-hydroxylation sites is 2. The van der Waals surface area contributed by atoms with Crippen LogP contribution in [-0.2, 0) is 16.1 Å². The molecule has 1 N–H and O–H groups in total. The Kier molecular flexibility index (Phi) is 9.46. The first-order valence-corrected chi connectivity index (χ1v) is 10.8. The molecule has 168 valence electrons. The lowest BCUT2D eigenvalue weighted by molar-refractivity contribution is -0.142. The first-order chi connectivity index (χ1) is 14.8. The Hall–Kier alpha value is -2.44. The van der Waals surface area contributed by atoms with Gasteiger partial charge in [0.15, 0.2) is 18.1 Å². The summed E-state index contributed by atoms with van der Waals surface area (Å²) >= 11 is 12.1. The predicted molar refractivity (Wildman–Crippen MR) is 123 cm³/mol. The van der Waals surface area contributed by atoms with Crippen LogP contribution >= 0.6 is 23.2 Å². The zero-order valence-electron chi connectivity index (χ0n) is 18.2. The highest BCUT2D eigenvalue weighted by molar-refractivity contribution is 6.42. The van der Waals surface area contributed by atoms with Crippen LogP contribution in [0.3, 0.4) is 0 Å². The summed E-state index contributed by atoms with van der Waals surface area (Å²) in [5.74, 6) is 0.391. The topological polar surface area (TPSA) is 67.9 Å². The van der Waals surface area contributed by atoms with E-state index in [9.17, 15) is 9.59 Å². The normalized spacial score (nSPS) is 12.6. The Labute approximate surface area is 193 Å². The number of ether oxygens (including phenoxy) is 2.